The quantitative estimate of drug-likeness (QED) is 0.479. The van der Waals surface area contributed by atoms with Gasteiger partial charge in [0.25, 0.3) is 0 Å². The molecule has 5 atom stereocenters. The minimum absolute atomic E-state index is 0.0368. The summed E-state index contributed by atoms with van der Waals surface area (Å²) in [7, 11) is 1.85. The van der Waals surface area contributed by atoms with Crippen molar-refractivity contribution in [1.82, 2.24) is 20.0 Å². The molecule has 0 radical (unpaired) electrons. The number of amides is 2. The van der Waals surface area contributed by atoms with Crippen LogP contribution in [0.25, 0.3) is 0 Å². The highest BCUT2D eigenvalue weighted by molar-refractivity contribution is 5.86. The van der Waals surface area contributed by atoms with Gasteiger partial charge in [-0.2, -0.15) is 18.4 Å². The normalized spacial score (nSPS) is 23.5. The van der Waals surface area contributed by atoms with Gasteiger partial charge < -0.3 is 19.7 Å². The molecule has 9 nitrogen and oxygen atoms in total. The molecule has 2 saturated heterocycles. The van der Waals surface area contributed by atoms with Gasteiger partial charge in [0.15, 0.2) is 0 Å². The topological polar surface area (TPSA) is 106 Å². The lowest BCUT2D eigenvalue weighted by atomic mass is 10.0. The minimum Gasteiger partial charge on any atom is -0.444 e. The second-order valence-electron chi connectivity index (χ2n) is 11.5. The summed E-state index contributed by atoms with van der Waals surface area (Å²) in [6, 6.07) is 4.63. The van der Waals surface area contributed by atoms with E-state index in [1.807, 2.05) is 23.8 Å². The molecular weight excluding hydrogens is 527 g/mol. The lowest BCUT2D eigenvalue weighted by Crippen LogP contribution is -2.56. The molecule has 1 aromatic rings. The molecule has 3 rings (SSSR count). The van der Waals surface area contributed by atoms with Gasteiger partial charge in [0, 0.05) is 31.7 Å². The zero-order chi connectivity index (χ0) is 29.8. The second-order valence-corrected chi connectivity index (χ2v) is 11.5. The summed E-state index contributed by atoms with van der Waals surface area (Å²) in [5, 5.41) is 12.1. The third kappa shape index (κ3) is 7.73. The number of nitriles is 1. The molecule has 0 saturated carbocycles. The van der Waals surface area contributed by atoms with Gasteiger partial charge >= 0.3 is 12.3 Å². The highest BCUT2D eigenvalue weighted by atomic mass is 19.4. The van der Waals surface area contributed by atoms with Crippen LogP contribution in [-0.4, -0.2) is 89.4 Å². The number of benzene rings is 1. The van der Waals surface area contributed by atoms with Crippen LogP contribution in [0.2, 0.25) is 0 Å². The Labute approximate surface area is 233 Å². The number of alkyl carbamates (subject to hydrolysis) is 1. The molecule has 1 N–H and O–H groups in total. The number of hydrogen-bond donors (Lipinski definition) is 1. The number of likely N-dealkylation sites (tertiary alicyclic amines) is 2. The van der Waals surface area contributed by atoms with Crippen LogP contribution in [-0.2, 0) is 20.5 Å². The summed E-state index contributed by atoms with van der Waals surface area (Å²) in [6.45, 7) is 7.83. The van der Waals surface area contributed by atoms with Gasteiger partial charge in [0.1, 0.15) is 24.0 Å². The highest BCUT2D eigenvalue weighted by Crippen LogP contribution is 2.32. The molecule has 2 heterocycles. The van der Waals surface area contributed by atoms with E-state index in [1.165, 1.54) is 17.0 Å². The largest absolute Gasteiger partial charge is 0.444 e. The fraction of sp³-hybridized carbons (Fsp3) is 0.643. The number of alkyl halides is 3. The molecular formula is C28H38F3N5O4. The number of hydrogen-bond acceptors (Lipinski definition) is 7. The van der Waals surface area contributed by atoms with Gasteiger partial charge in [-0.25, -0.2) is 4.79 Å². The van der Waals surface area contributed by atoms with Crippen molar-refractivity contribution in [3.63, 3.8) is 0 Å². The van der Waals surface area contributed by atoms with Gasteiger partial charge in [-0.15, -0.1) is 0 Å². The van der Waals surface area contributed by atoms with Crippen LogP contribution in [0.15, 0.2) is 24.3 Å². The standard InChI is InChI=1S/C28H38F3N5O4/c1-18(19-8-10-20(11-9-19)28(29,30)31)34(5)22-13-23(17-37)35(15-22)16-24(33-26(39)40-27(2,3)4)25(38)36-12-6-7-21(36)14-32/h8-11,17-18,21-24H,6-7,12-13,15-16H2,1-5H3,(H,33,39). The molecule has 5 unspecified atom stereocenters. The number of nitrogens with zero attached hydrogens (tertiary/aromatic N) is 4. The molecule has 40 heavy (non-hydrogen) atoms. The first-order valence-electron chi connectivity index (χ1n) is 13.4. The monoisotopic (exact) mass is 565 g/mol. The number of aldehydes is 1. The van der Waals surface area contributed by atoms with Gasteiger partial charge in [0.05, 0.1) is 17.7 Å². The number of rotatable bonds is 8. The molecule has 2 aliphatic rings. The molecule has 0 bridgehead atoms. The Balaban J connectivity index is 1.75. The van der Waals surface area contributed by atoms with E-state index in [-0.39, 0.29) is 18.6 Å². The van der Waals surface area contributed by atoms with Crippen LogP contribution in [0.4, 0.5) is 18.0 Å². The zero-order valence-electron chi connectivity index (χ0n) is 23.6. The lowest BCUT2D eigenvalue weighted by molar-refractivity contribution is -0.137. The van der Waals surface area contributed by atoms with E-state index in [1.54, 1.807) is 20.8 Å². The van der Waals surface area contributed by atoms with E-state index in [0.717, 1.165) is 18.4 Å². The number of carbonyl (C=O) groups excluding carboxylic acids is 3. The smallest absolute Gasteiger partial charge is 0.416 e. The third-order valence-electron chi connectivity index (χ3n) is 7.58. The van der Waals surface area contributed by atoms with Crippen molar-refractivity contribution in [1.29, 1.82) is 5.26 Å². The molecule has 0 aliphatic carbocycles. The van der Waals surface area contributed by atoms with Crippen molar-refractivity contribution in [3.05, 3.63) is 35.4 Å². The van der Waals surface area contributed by atoms with E-state index in [0.29, 0.717) is 37.9 Å². The van der Waals surface area contributed by atoms with E-state index >= 15 is 0 Å². The number of carbonyl (C=O) groups is 3. The summed E-state index contributed by atoms with van der Waals surface area (Å²) in [5.41, 5.74) is -0.807. The van der Waals surface area contributed by atoms with Crippen LogP contribution < -0.4 is 5.32 Å². The molecule has 2 aliphatic heterocycles. The number of nitrogens with one attached hydrogen (secondary N) is 1. The van der Waals surface area contributed by atoms with Crippen LogP contribution >= 0.6 is 0 Å². The van der Waals surface area contributed by atoms with Crippen molar-refractivity contribution in [2.24, 2.45) is 0 Å². The van der Waals surface area contributed by atoms with Crippen molar-refractivity contribution in [2.75, 3.05) is 26.7 Å². The van der Waals surface area contributed by atoms with Crippen LogP contribution in [0, 0.1) is 11.3 Å². The molecule has 220 valence electrons. The molecule has 2 amide bonds. The Morgan fingerprint density at radius 1 is 1.25 bits per heavy atom. The first kappa shape index (κ1) is 31.4. The maximum atomic E-state index is 13.5. The van der Waals surface area contributed by atoms with Crippen molar-refractivity contribution in [2.45, 2.75) is 88.9 Å². The van der Waals surface area contributed by atoms with Crippen molar-refractivity contribution >= 4 is 18.3 Å². The Bertz CT molecular complexity index is 1100. The fourth-order valence-electron chi connectivity index (χ4n) is 5.29. The van der Waals surface area contributed by atoms with E-state index in [9.17, 15) is 32.8 Å². The van der Waals surface area contributed by atoms with Gasteiger partial charge in [0.2, 0.25) is 5.91 Å². The van der Waals surface area contributed by atoms with Gasteiger partial charge in [-0.1, -0.05) is 12.1 Å². The fourth-order valence-corrected chi connectivity index (χ4v) is 5.29. The predicted octanol–water partition coefficient (Wildman–Crippen LogP) is 3.75. The first-order valence-corrected chi connectivity index (χ1v) is 13.4. The number of ether oxygens (including phenoxy) is 1. The predicted molar refractivity (Wildman–Crippen MR) is 141 cm³/mol. The van der Waals surface area contributed by atoms with E-state index < -0.39 is 47.5 Å². The lowest BCUT2D eigenvalue weighted by Gasteiger charge is -2.32. The summed E-state index contributed by atoms with van der Waals surface area (Å²) in [6.07, 6.45) is -2.71. The first-order chi connectivity index (χ1) is 18.6. The summed E-state index contributed by atoms with van der Waals surface area (Å²) in [5.74, 6) is -0.408. The van der Waals surface area contributed by atoms with Gasteiger partial charge in [-0.3, -0.25) is 14.6 Å². The van der Waals surface area contributed by atoms with Crippen LogP contribution in [0.5, 0.6) is 0 Å². The molecule has 2 fully saturated rings. The Kier molecular flexibility index (Phi) is 9.85. The maximum Gasteiger partial charge on any atom is 0.416 e. The minimum atomic E-state index is -4.42. The van der Waals surface area contributed by atoms with Gasteiger partial charge in [-0.05, 0) is 71.7 Å². The third-order valence-corrected chi connectivity index (χ3v) is 7.58. The average molecular weight is 566 g/mol. The SMILES string of the molecule is CC(c1ccc(C(F)(F)F)cc1)N(C)C1CC(C=O)N(CC(NC(=O)OC(C)(C)C)C(=O)N2CCCC2C#N)C1. The molecule has 0 spiro atoms. The van der Waals surface area contributed by atoms with E-state index in [2.05, 4.69) is 11.4 Å². The summed E-state index contributed by atoms with van der Waals surface area (Å²) < 4.78 is 44.3. The summed E-state index contributed by atoms with van der Waals surface area (Å²) >= 11 is 0. The van der Waals surface area contributed by atoms with Crippen molar-refractivity contribution < 1.29 is 32.3 Å². The molecule has 12 heteroatoms. The Morgan fingerprint density at radius 2 is 1.90 bits per heavy atom. The summed E-state index contributed by atoms with van der Waals surface area (Å²) in [4.78, 5) is 43.5. The van der Waals surface area contributed by atoms with Crippen LogP contribution in [0.3, 0.4) is 0 Å². The number of likely N-dealkylation sites (N-methyl/N-ethyl adjacent to an activating group) is 1. The second kappa shape index (κ2) is 12.6. The van der Waals surface area contributed by atoms with E-state index in [4.69, 9.17) is 4.74 Å². The zero-order valence-corrected chi connectivity index (χ0v) is 23.6. The average Bonchev–Trinajstić information content (AvgIpc) is 3.52. The molecule has 0 aromatic heterocycles. The van der Waals surface area contributed by atoms with Crippen molar-refractivity contribution in [3.8, 4) is 6.07 Å². The molecule has 1 aromatic carbocycles. The maximum absolute atomic E-state index is 13.5. The Morgan fingerprint density at radius 3 is 2.45 bits per heavy atom. The Hall–Kier alpha value is -3.17. The highest BCUT2D eigenvalue weighted by Gasteiger charge is 2.41. The van der Waals surface area contributed by atoms with Crippen LogP contribution in [0.1, 0.15) is 64.1 Å². The number of halogens is 3.